The van der Waals surface area contributed by atoms with Gasteiger partial charge in [0.1, 0.15) is 0 Å². The van der Waals surface area contributed by atoms with Crippen LogP contribution in [0.5, 0.6) is 0 Å². The van der Waals surface area contributed by atoms with Gasteiger partial charge in [0.05, 0.1) is 0 Å². The number of hydrogen-bond acceptors (Lipinski definition) is 2. The zero-order valence-corrected chi connectivity index (χ0v) is 9.21. The molecule has 0 aromatic heterocycles. The second-order valence-electron chi connectivity index (χ2n) is 4.10. The minimum Gasteiger partial charge on any atom is -0.399 e. The monoisotopic (exact) mass is 204 g/mol. The topological polar surface area (TPSA) is 46.3 Å². The smallest absolute Gasteiger partial charge is 0.254 e. The third kappa shape index (κ3) is 1.58. The van der Waals surface area contributed by atoms with Crippen molar-refractivity contribution >= 4 is 11.6 Å². The highest BCUT2D eigenvalue weighted by Gasteiger charge is 2.23. The summed E-state index contributed by atoms with van der Waals surface area (Å²) in [6.07, 6.45) is 1.12. The van der Waals surface area contributed by atoms with Crippen LogP contribution in [-0.4, -0.2) is 23.9 Å². The lowest BCUT2D eigenvalue weighted by Gasteiger charge is -2.31. The molecule has 0 spiro atoms. The van der Waals surface area contributed by atoms with Crippen LogP contribution in [0.4, 0.5) is 5.69 Å². The first-order valence-corrected chi connectivity index (χ1v) is 5.26. The van der Waals surface area contributed by atoms with E-state index in [-0.39, 0.29) is 5.91 Å². The van der Waals surface area contributed by atoms with Gasteiger partial charge in [-0.3, -0.25) is 4.79 Å². The van der Waals surface area contributed by atoms with Gasteiger partial charge in [-0.15, -0.1) is 0 Å². The van der Waals surface area contributed by atoms with Crippen LogP contribution in [0.15, 0.2) is 12.1 Å². The van der Waals surface area contributed by atoms with Gasteiger partial charge in [-0.05, 0) is 43.5 Å². The number of rotatable bonds is 1. The van der Waals surface area contributed by atoms with Crippen LogP contribution in [-0.2, 0) is 0 Å². The van der Waals surface area contributed by atoms with Crippen molar-refractivity contribution in [3.8, 4) is 0 Å². The second-order valence-corrected chi connectivity index (χ2v) is 4.10. The lowest BCUT2D eigenvalue weighted by molar-refractivity contribution is 0.0651. The maximum absolute atomic E-state index is 12.0. The summed E-state index contributed by atoms with van der Waals surface area (Å²) in [5.41, 5.74) is 9.36. The minimum atomic E-state index is 0.141. The van der Waals surface area contributed by atoms with Crippen LogP contribution >= 0.6 is 0 Å². The van der Waals surface area contributed by atoms with Crippen molar-refractivity contribution in [3.05, 3.63) is 28.8 Å². The van der Waals surface area contributed by atoms with Crippen molar-refractivity contribution in [1.29, 1.82) is 0 Å². The summed E-state index contributed by atoms with van der Waals surface area (Å²) in [6, 6.07) is 3.65. The average Bonchev–Trinajstić information content (AvgIpc) is 2.11. The summed E-state index contributed by atoms with van der Waals surface area (Å²) in [5, 5.41) is 0. The molecule has 2 rings (SSSR count). The Morgan fingerprint density at radius 2 is 1.93 bits per heavy atom. The molecule has 2 N–H and O–H groups in total. The highest BCUT2D eigenvalue weighted by Crippen LogP contribution is 2.22. The molecular weight excluding hydrogens is 188 g/mol. The molecule has 0 aliphatic carbocycles. The third-order valence-corrected chi connectivity index (χ3v) is 3.20. The summed E-state index contributed by atoms with van der Waals surface area (Å²) in [6.45, 7) is 5.69. The Morgan fingerprint density at radius 1 is 1.27 bits per heavy atom. The Bertz CT molecular complexity index is 408. The number of benzene rings is 1. The first kappa shape index (κ1) is 10.0. The van der Waals surface area contributed by atoms with E-state index in [1.807, 2.05) is 30.9 Å². The lowest BCUT2D eigenvalue weighted by atomic mass is 10.00. The molecule has 1 aliphatic rings. The SMILES string of the molecule is Cc1c(N)ccc(C(=O)N2CCC2)c1C. The molecule has 0 bridgehead atoms. The van der Waals surface area contributed by atoms with Crippen molar-refractivity contribution in [2.45, 2.75) is 20.3 Å². The molecule has 1 fully saturated rings. The van der Waals surface area contributed by atoms with Crippen molar-refractivity contribution in [3.63, 3.8) is 0 Å². The molecule has 1 saturated heterocycles. The van der Waals surface area contributed by atoms with Gasteiger partial charge in [0, 0.05) is 24.3 Å². The van der Waals surface area contributed by atoms with Crippen molar-refractivity contribution < 1.29 is 4.79 Å². The van der Waals surface area contributed by atoms with Crippen LogP contribution in [0.25, 0.3) is 0 Å². The van der Waals surface area contributed by atoms with E-state index < -0.39 is 0 Å². The number of nitrogens with two attached hydrogens (primary N) is 1. The molecule has 0 atom stereocenters. The standard InChI is InChI=1S/C12H16N2O/c1-8-9(2)11(13)5-4-10(8)12(15)14-6-3-7-14/h4-5H,3,6-7,13H2,1-2H3. The zero-order valence-electron chi connectivity index (χ0n) is 9.21. The number of amides is 1. The average molecular weight is 204 g/mol. The predicted molar refractivity (Wildman–Crippen MR) is 60.8 cm³/mol. The molecule has 15 heavy (non-hydrogen) atoms. The molecule has 80 valence electrons. The number of carbonyl (C=O) groups excluding carboxylic acids is 1. The van der Waals surface area contributed by atoms with Crippen molar-refractivity contribution in [1.82, 2.24) is 4.90 Å². The van der Waals surface area contributed by atoms with Crippen LogP contribution in [0, 0.1) is 13.8 Å². The van der Waals surface area contributed by atoms with E-state index in [2.05, 4.69) is 0 Å². The Morgan fingerprint density at radius 3 is 2.47 bits per heavy atom. The summed E-state index contributed by atoms with van der Waals surface area (Å²) >= 11 is 0. The Labute approximate surface area is 89.9 Å². The molecule has 0 saturated carbocycles. The van der Waals surface area contributed by atoms with Crippen LogP contribution in [0.2, 0.25) is 0 Å². The van der Waals surface area contributed by atoms with Crippen molar-refractivity contribution in [2.24, 2.45) is 0 Å². The fourth-order valence-corrected chi connectivity index (χ4v) is 1.76. The molecule has 1 amide bonds. The number of carbonyl (C=O) groups is 1. The molecule has 1 aliphatic heterocycles. The van der Waals surface area contributed by atoms with Crippen molar-refractivity contribution in [2.75, 3.05) is 18.8 Å². The zero-order chi connectivity index (χ0) is 11.0. The first-order valence-electron chi connectivity index (χ1n) is 5.26. The molecule has 1 aromatic rings. The van der Waals surface area contributed by atoms with E-state index in [1.165, 1.54) is 0 Å². The van der Waals surface area contributed by atoms with Gasteiger partial charge in [-0.1, -0.05) is 0 Å². The van der Waals surface area contributed by atoms with E-state index in [0.717, 1.165) is 41.9 Å². The molecule has 0 radical (unpaired) electrons. The van der Waals surface area contributed by atoms with Crippen LogP contribution in [0.1, 0.15) is 27.9 Å². The summed E-state index contributed by atoms with van der Waals surface area (Å²) in [5.74, 6) is 0.141. The Hall–Kier alpha value is -1.51. The predicted octanol–water partition coefficient (Wildman–Crippen LogP) is 1.73. The van der Waals surface area contributed by atoms with E-state index >= 15 is 0 Å². The highest BCUT2D eigenvalue weighted by atomic mass is 16.2. The maximum Gasteiger partial charge on any atom is 0.254 e. The van der Waals surface area contributed by atoms with Gasteiger partial charge in [-0.25, -0.2) is 0 Å². The molecule has 3 nitrogen and oxygen atoms in total. The second kappa shape index (κ2) is 3.57. The van der Waals surface area contributed by atoms with E-state index in [1.54, 1.807) is 0 Å². The fraction of sp³-hybridized carbons (Fsp3) is 0.417. The molecule has 0 unspecified atom stereocenters. The molecule has 1 aromatic carbocycles. The summed E-state index contributed by atoms with van der Waals surface area (Å²) < 4.78 is 0. The molecule has 1 heterocycles. The lowest BCUT2D eigenvalue weighted by Crippen LogP contribution is -2.42. The Kier molecular flexibility index (Phi) is 2.39. The van der Waals surface area contributed by atoms with Gasteiger partial charge >= 0.3 is 0 Å². The normalized spacial score (nSPS) is 14.9. The maximum atomic E-state index is 12.0. The van der Waals surface area contributed by atoms with Crippen LogP contribution in [0.3, 0.4) is 0 Å². The van der Waals surface area contributed by atoms with Gasteiger partial charge in [-0.2, -0.15) is 0 Å². The largest absolute Gasteiger partial charge is 0.399 e. The first-order chi connectivity index (χ1) is 7.11. The number of likely N-dealkylation sites (tertiary alicyclic amines) is 1. The third-order valence-electron chi connectivity index (χ3n) is 3.20. The highest BCUT2D eigenvalue weighted by molar-refractivity contribution is 5.96. The van der Waals surface area contributed by atoms with Gasteiger partial charge in [0.25, 0.3) is 5.91 Å². The summed E-state index contributed by atoms with van der Waals surface area (Å²) in [4.78, 5) is 13.9. The van der Waals surface area contributed by atoms with E-state index in [4.69, 9.17) is 5.73 Å². The Balaban J connectivity index is 2.35. The van der Waals surface area contributed by atoms with Gasteiger partial charge in [0.15, 0.2) is 0 Å². The fourth-order valence-electron chi connectivity index (χ4n) is 1.76. The number of nitrogen functional groups attached to an aromatic ring is 1. The van der Waals surface area contributed by atoms with E-state index in [0.29, 0.717) is 0 Å². The van der Waals surface area contributed by atoms with Gasteiger partial charge < -0.3 is 10.6 Å². The van der Waals surface area contributed by atoms with Gasteiger partial charge in [0.2, 0.25) is 0 Å². The number of hydrogen-bond donors (Lipinski definition) is 1. The summed E-state index contributed by atoms with van der Waals surface area (Å²) in [7, 11) is 0. The van der Waals surface area contributed by atoms with E-state index in [9.17, 15) is 4.79 Å². The molecule has 3 heteroatoms. The quantitative estimate of drug-likeness (QED) is 0.708. The number of nitrogens with zero attached hydrogens (tertiary/aromatic N) is 1. The molecular formula is C12H16N2O. The minimum absolute atomic E-state index is 0.141. The number of anilines is 1. The van der Waals surface area contributed by atoms with Crippen LogP contribution < -0.4 is 5.73 Å².